The maximum Gasteiger partial charge on any atom is 0.329 e. The van der Waals surface area contributed by atoms with Gasteiger partial charge in [-0.15, -0.1) is 0 Å². The molecule has 0 aromatic rings. The van der Waals surface area contributed by atoms with E-state index in [4.69, 9.17) is 5.11 Å². The van der Waals surface area contributed by atoms with Crippen molar-refractivity contribution in [1.82, 2.24) is 5.32 Å². The molecule has 0 bridgehead atoms. The molecule has 0 saturated carbocycles. The maximum atomic E-state index is 11.1. The molecule has 1 heterocycles. The van der Waals surface area contributed by atoms with Crippen molar-refractivity contribution in [3.05, 3.63) is 0 Å². The second kappa shape index (κ2) is 5.01. The number of hydrogen-bond acceptors (Lipinski definition) is 5. The number of hydrogen-bond donors (Lipinski definition) is 2. The van der Waals surface area contributed by atoms with Crippen LogP contribution >= 0.6 is 0 Å². The number of nitrogens with one attached hydrogen (secondary N) is 1. The van der Waals surface area contributed by atoms with Crippen LogP contribution in [0.3, 0.4) is 0 Å². The Bertz CT molecular complexity index is 417. The lowest BCUT2D eigenvalue weighted by molar-refractivity contribution is -0.145. The summed E-state index contributed by atoms with van der Waals surface area (Å²) in [6, 6.07) is 0. The van der Waals surface area contributed by atoms with Crippen molar-refractivity contribution in [2.45, 2.75) is 31.2 Å². The molecule has 1 fully saturated rings. The highest BCUT2D eigenvalue weighted by Gasteiger charge is 2.44. The molecule has 0 aromatic heterocycles. The Balaban J connectivity index is 2.47. The fourth-order valence-corrected chi connectivity index (χ4v) is 2.18. The summed E-state index contributed by atoms with van der Waals surface area (Å²) in [6.45, 7) is -0.0796. The summed E-state index contributed by atoms with van der Waals surface area (Å²) in [5, 5.41) is 11.5. The fraction of sp³-hybridized carbons (Fsp3) is 0.778. The number of aliphatic carboxylic acids is 1. The molecule has 0 aromatic carbocycles. The predicted octanol–water partition coefficient (Wildman–Crippen LogP) is -0.524. The molecule has 1 aliphatic heterocycles. The van der Waals surface area contributed by atoms with Crippen LogP contribution in [0.4, 0.5) is 0 Å². The van der Waals surface area contributed by atoms with Crippen molar-refractivity contribution >= 4 is 22.0 Å². The monoisotopic (exact) mass is 265 g/mol. The molecule has 7 nitrogen and oxygen atoms in total. The largest absolute Gasteiger partial charge is 0.480 e. The average molecular weight is 265 g/mol. The van der Waals surface area contributed by atoms with Crippen molar-refractivity contribution in [3.63, 3.8) is 0 Å². The first-order valence-corrected chi connectivity index (χ1v) is 6.96. The first-order valence-electron chi connectivity index (χ1n) is 5.14. The van der Waals surface area contributed by atoms with Gasteiger partial charge in [0.15, 0.2) is 0 Å². The molecule has 2 N–H and O–H groups in total. The highest BCUT2D eigenvalue weighted by Crippen LogP contribution is 2.25. The number of carboxylic acids is 1. The molecule has 0 radical (unpaired) electrons. The van der Waals surface area contributed by atoms with Crippen LogP contribution in [0.5, 0.6) is 0 Å². The molecule has 1 saturated heterocycles. The van der Waals surface area contributed by atoms with E-state index in [1.807, 2.05) is 0 Å². The van der Waals surface area contributed by atoms with Crippen molar-refractivity contribution in [2.24, 2.45) is 0 Å². The minimum absolute atomic E-state index is 0.0796. The van der Waals surface area contributed by atoms with E-state index < -0.39 is 21.6 Å². The summed E-state index contributed by atoms with van der Waals surface area (Å²) in [6.07, 6.45) is 1.74. The standard InChI is InChI=1S/C9H15NO6S/c1-17(14,15)16-6-2-4-9(8(12)13)5-3-7(11)10-9/h2-6H2,1H3,(H,10,11)(H,12,13). The number of carbonyl (C=O) groups is 2. The average Bonchev–Trinajstić information content (AvgIpc) is 2.55. The van der Waals surface area contributed by atoms with E-state index in [9.17, 15) is 18.0 Å². The maximum absolute atomic E-state index is 11.1. The molecule has 1 unspecified atom stereocenters. The summed E-state index contributed by atoms with van der Waals surface area (Å²) in [7, 11) is -3.51. The number of carbonyl (C=O) groups excluding carboxylic acids is 1. The summed E-state index contributed by atoms with van der Waals surface area (Å²) in [5.74, 6) is -1.39. The highest BCUT2D eigenvalue weighted by molar-refractivity contribution is 7.85. The van der Waals surface area contributed by atoms with Gasteiger partial charge in [0.05, 0.1) is 12.9 Å². The fourth-order valence-electron chi connectivity index (χ4n) is 1.76. The van der Waals surface area contributed by atoms with Gasteiger partial charge in [-0.2, -0.15) is 8.42 Å². The topological polar surface area (TPSA) is 110 Å². The van der Waals surface area contributed by atoms with Gasteiger partial charge in [0.25, 0.3) is 10.1 Å². The van der Waals surface area contributed by atoms with E-state index in [1.54, 1.807) is 0 Å². The first kappa shape index (κ1) is 13.9. The lowest BCUT2D eigenvalue weighted by Crippen LogP contribution is -2.49. The smallest absolute Gasteiger partial charge is 0.329 e. The summed E-state index contributed by atoms with van der Waals surface area (Å²) < 4.78 is 25.9. The van der Waals surface area contributed by atoms with Crippen LogP contribution in [-0.4, -0.2) is 43.8 Å². The first-order chi connectivity index (χ1) is 7.75. The van der Waals surface area contributed by atoms with Crippen molar-refractivity contribution in [1.29, 1.82) is 0 Å². The lowest BCUT2D eigenvalue weighted by Gasteiger charge is -2.23. The number of carboxylic acid groups (broad SMARTS) is 1. The van der Waals surface area contributed by atoms with E-state index in [0.29, 0.717) is 0 Å². The van der Waals surface area contributed by atoms with Crippen LogP contribution in [-0.2, 0) is 23.9 Å². The third-order valence-electron chi connectivity index (χ3n) is 2.61. The van der Waals surface area contributed by atoms with Crippen LogP contribution in [0.25, 0.3) is 0 Å². The third kappa shape index (κ3) is 3.97. The summed E-state index contributed by atoms with van der Waals surface area (Å²) >= 11 is 0. The molecule has 1 aliphatic rings. The number of amides is 1. The molecule has 98 valence electrons. The Morgan fingerprint density at radius 2 is 2.24 bits per heavy atom. The predicted molar refractivity (Wildman–Crippen MR) is 57.8 cm³/mol. The van der Waals surface area contributed by atoms with E-state index in [1.165, 1.54) is 0 Å². The summed E-state index contributed by atoms with van der Waals surface area (Å²) in [4.78, 5) is 22.1. The molecule has 1 amide bonds. The van der Waals surface area contributed by atoms with Crippen molar-refractivity contribution in [2.75, 3.05) is 12.9 Å². The Kier molecular flexibility index (Phi) is 4.10. The minimum atomic E-state index is -3.51. The molecular weight excluding hydrogens is 250 g/mol. The van der Waals surface area contributed by atoms with Gasteiger partial charge in [0.2, 0.25) is 5.91 Å². The quantitative estimate of drug-likeness (QED) is 0.494. The zero-order chi connectivity index (χ0) is 13.1. The molecule has 17 heavy (non-hydrogen) atoms. The molecule has 0 aliphatic carbocycles. The van der Waals surface area contributed by atoms with Crippen LogP contribution in [0.2, 0.25) is 0 Å². The van der Waals surface area contributed by atoms with Crippen LogP contribution in [0.15, 0.2) is 0 Å². The Hall–Kier alpha value is -1.15. The lowest BCUT2D eigenvalue weighted by atomic mass is 9.92. The highest BCUT2D eigenvalue weighted by atomic mass is 32.2. The van der Waals surface area contributed by atoms with Gasteiger partial charge < -0.3 is 10.4 Å². The molecule has 1 rings (SSSR count). The van der Waals surface area contributed by atoms with Gasteiger partial charge in [-0.25, -0.2) is 4.79 Å². The van der Waals surface area contributed by atoms with Gasteiger partial charge in [-0.3, -0.25) is 8.98 Å². The number of rotatable bonds is 6. The third-order valence-corrected chi connectivity index (χ3v) is 3.21. The Labute approximate surface area is 99.3 Å². The van der Waals surface area contributed by atoms with Crippen molar-refractivity contribution < 1.29 is 27.3 Å². The van der Waals surface area contributed by atoms with E-state index in [-0.39, 0.29) is 38.2 Å². The Morgan fingerprint density at radius 3 is 2.65 bits per heavy atom. The molecular formula is C9H15NO6S. The normalized spacial score (nSPS) is 24.6. The minimum Gasteiger partial charge on any atom is -0.480 e. The van der Waals surface area contributed by atoms with Gasteiger partial charge in [-0.1, -0.05) is 0 Å². The van der Waals surface area contributed by atoms with Crippen LogP contribution < -0.4 is 5.32 Å². The second-order valence-electron chi connectivity index (χ2n) is 4.07. The van der Waals surface area contributed by atoms with E-state index >= 15 is 0 Å². The zero-order valence-corrected chi connectivity index (χ0v) is 10.2. The van der Waals surface area contributed by atoms with Gasteiger partial charge in [0.1, 0.15) is 5.54 Å². The second-order valence-corrected chi connectivity index (χ2v) is 5.71. The Morgan fingerprint density at radius 1 is 1.59 bits per heavy atom. The molecule has 0 spiro atoms. The van der Waals surface area contributed by atoms with Gasteiger partial charge in [-0.05, 0) is 19.3 Å². The van der Waals surface area contributed by atoms with Crippen LogP contribution in [0, 0.1) is 0 Å². The van der Waals surface area contributed by atoms with Crippen molar-refractivity contribution in [3.8, 4) is 0 Å². The van der Waals surface area contributed by atoms with Crippen LogP contribution in [0.1, 0.15) is 25.7 Å². The van der Waals surface area contributed by atoms with Gasteiger partial charge >= 0.3 is 5.97 Å². The van der Waals surface area contributed by atoms with E-state index in [0.717, 1.165) is 6.26 Å². The molecule has 8 heteroatoms. The van der Waals surface area contributed by atoms with Gasteiger partial charge in [0, 0.05) is 6.42 Å². The SMILES string of the molecule is CS(=O)(=O)OCCCC1(C(=O)O)CCC(=O)N1. The molecule has 1 atom stereocenters. The summed E-state index contributed by atoms with van der Waals surface area (Å²) in [5.41, 5.74) is -1.27. The van der Waals surface area contributed by atoms with E-state index in [2.05, 4.69) is 9.50 Å². The zero-order valence-electron chi connectivity index (χ0n) is 9.43.